The lowest BCUT2D eigenvalue weighted by Crippen LogP contribution is -2.49. The number of pyridine rings is 1. The van der Waals surface area contributed by atoms with Gasteiger partial charge in [-0.25, -0.2) is 4.98 Å². The van der Waals surface area contributed by atoms with E-state index in [1.165, 1.54) is 0 Å². The molecule has 90 valence electrons. The minimum absolute atomic E-state index is 0.0173. The fourth-order valence-electron chi connectivity index (χ4n) is 2.01. The lowest BCUT2D eigenvalue weighted by atomic mass is 10.2. The molecule has 0 aliphatic carbocycles. The molecule has 0 amide bonds. The van der Waals surface area contributed by atoms with Crippen molar-refractivity contribution < 1.29 is 0 Å². The molecular weight excluding hydrogens is 236 g/mol. The van der Waals surface area contributed by atoms with Gasteiger partial charge < -0.3 is 4.90 Å². The van der Waals surface area contributed by atoms with Gasteiger partial charge in [0.25, 0.3) is 0 Å². The summed E-state index contributed by atoms with van der Waals surface area (Å²) in [6.07, 6.45) is 1.76. The van der Waals surface area contributed by atoms with E-state index in [4.69, 9.17) is 16.9 Å². The van der Waals surface area contributed by atoms with Crippen LogP contribution >= 0.6 is 11.6 Å². The minimum Gasteiger partial charge on any atom is -0.353 e. The van der Waals surface area contributed by atoms with Crippen LogP contribution in [0.25, 0.3) is 0 Å². The molecule has 17 heavy (non-hydrogen) atoms. The number of anilines is 1. The fourth-order valence-corrected chi connectivity index (χ4v) is 2.25. The summed E-state index contributed by atoms with van der Waals surface area (Å²) in [7, 11) is 0. The third-order valence-electron chi connectivity index (χ3n) is 3.09. The molecule has 1 saturated heterocycles. The fraction of sp³-hybridized carbons (Fsp3) is 0.500. The van der Waals surface area contributed by atoms with E-state index in [1.54, 1.807) is 6.20 Å². The zero-order valence-electron chi connectivity index (χ0n) is 9.80. The van der Waals surface area contributed by atoms with Crippen LogP contribution in [0.3, 0.4) is 0 Å². The van der Waals surface area contributed by atoms with Crippen LogP contribution in [0.1, 0.15) is 6.92 Å². The zero-order chi connectivity index (χ0) is 12.3. The monoisotopic (exact) mass is 250 g/mol. The smallest absolute Gasteiger partial charge is 0.147 e. The Morgan fingerprint density at radius 1 is 1.41 bits per heavy atom. The maximum Gasteiger partial charge on any atom is 0.147 e. The van der Waals surface area contributed by atoms with E-state index in [0.29, 0.717) is 5.02 Å². The third kappa shape index (κ3) is 2.68. The van der Waals surface area contributed by atoms with Crippen molar-refractivity contribution in [2.45, 2.75) is 13.0 Å². The summed E-state index contributed by atoms with van der Waals surface area (Å²) in [5.41, 5.74) is 0. The molecule has 2 rings (SSSR count). The molecular formula is C12H15ClN4. The summed E-state index contributed by atoms with van der Waals surface area (Å²) in [5, 5.41) is 9.56. The Balaban J connectivity index is 2.01. The molecule has 0 spiro atoms. The van der Waals surface area contributed by atoms with Crippen molar-refractivity contribution in [3.05, 3.63) is 23.4 Å². The molecule has 1 unspecified atom stereocenters. The summed E-state index contributed by atoms with van der Waals surface area (Å²) in [5.74, 6) is 0.846. The molecule has 4 nitrogen and oxygen atoms in total. The molecule has 0 aromatic carbocycles. The summed E-state index contributed by atoms with van der Waals surface area (Å²) in [6.45, 7) is 5.41. The molecule has 2 heterocycles. The van der Waals surface area contributed by atoms with Crippen LogP contribution in [-0.2, 0) is 0 Å². The van der Waals surface area contributed by atoms with Crippen LogP contribution in [-0.4, -0.2) is 42.1 Å². The molecule has 0 radical (unpaired) electrons. The van der Waals surface area contributed by atoms with E-state index in [1.807, 2.05) is 19.1 Å². The predicted octanol–water partition coefficient (Wildman–Crippen LogP) is 1.77. The van der Waals surface area contributed by atoms with Crippen LogP contribution in [0, 0.1) is 11.3 Å². The number of nitrogens with zero attached hydrogens (tertiary/aromatic N) is 4. The van der Waals surface area contributed by atoms with Crippen molar-refractivity contribution in [2.24, 2.45) is 0 Å². The first-order chi connectivity index (χ1) is 8.22. The molecule has 1 aromatic heterocycles. The van der Waals surface area contributed by atoms with Gasteiger partial charge in [-0.05, 0) is 19.1 Å². The second kappa shape index (κ2) is 5.35. The highest BCUT2D eigenvalue weighted by atomic mass is 35.5. The molecule has 0 bridgehead atoms. The lowest BCUT2D eigenvalue weighted by molar-refractivity contribution is 0.231. The molecule has 0 N–H and O–H groups in total. The largest absolute Gasteiger partial charge is 0.353 e. The van der Waals surface area contributed by atoms with E-state index in [0.717, 1.165) is 32.0 Å². The van der Waals surface area contributed by atoms with Crippen LogP contribution < -0.4 is 4.90 Å². The molecule has 1 aromatic rings. The summed E-state index contributed by atoms with van der Waals surface area (Å²) < 4.78 is 0. The first-order valence-corrected chi connectivity index (χ1v) is 6.09. The van der Waals surface area contributed by atoms with Gasteiger partial charge >= 0.3 is 0 Å². The standard InChI is InChI=1S/C12H15ClN4/c1-10(9-14)16-5-7-17(8-6-16)12-11(13)3-2-4-15-12/h2-4,10H,5-8H2,1H3. The Bertz CT molecular complexity index is 421. The summed E-state index contributed by atoms with van der Waals surface area (Å²) in [6, 6.07) is 5.94. The highest BCUT2D eigenvalue weighted by molar-refractivity contribution is 6.32. The van der Waals surface area contributed by atoms with Crippen molar-refractivity contribution in [1.29, 1.82) is 5.26 Å². The number of piperazine rings is 1. The van der Waals surface area contributed by atoms with Gasteiger partial charge in [0.2, 0.25) is 0 Å². The molecule has 1 fully saturated rings. The second-order valence-electron chi connectivity index (χ2n) is 4.14. The Kier molecular flexibility index (Phi) is 3.82. The van der Waals surface area contributed by atoms with E-state index < -0.39 is 0 Å². The van der Waals surface area contributed by atoms with Crippen molar-refractivity contribution >= 4 is 17.4 Å². The molecule has 1 aliphatic heterocycles. The Hall–Kier alpha value is -1.31. The van der Waals surface area contributed by atoms with Gasteiger partial charge in [-0.15, -0.1) is 0 Å². The highest BCUT2D eigenvalue weighted by Crippen LogP contribution is 2.23. The van der Waals surface area contributed by atoms with E-state index in [9.17, 15) is 0 Å². The molecule has 1 atom stereocenters. The maximum absolute atomic E-state index is 8.88. The first-order valence-electron chi connectivity index (χ1n) is 5.71. The minimum atomic E-state index is -0.0173. The number of rotatable bonds is 2. The number of aromatic nitrogens is 1. The Labute approximate surface area is 106 Å². The average Bonchev–Trinajstić information content (AvgIpc) is 2.39. The SMILES string of the molecule is CC(C#N)N1CCN(c2ncccc2Cl)CC1. The van der Waals surface area contributed by atoms with Crippen LogP contribution in [0.5, 0.6) is 0 Å². The maximum atomic E-state index is 8.88. The molecule has 0 saturated carbocycles. The molecule has 1 aliphatic rings. The van der Waals surface area contributed by atoms with E-state index in [2.05, 4.69) is 20.9 Å². The van der Waals surface area contributed by atoms with E-state index >= 15 is 0 Å². The topological polar surface area (TPSA) is 43.2 Å². The van der Waals surface area contributed by atoms with Crippen LogP contribution in [0.4, 0.5) is 5.82 Å². The normalized spacial score (nSPS) is 18.8. The highest BCUT2D eigenvalue weighted by Gasteiger charge is 2.22. The third-order valence-corrected chi connectivity index (χ3v) is 3.38. The summed E-state index contributed by atoms with van der Waals surface area (Å²) >= 11 is 6.11. The van der Waals surface area contributed by atoms with Crippen molar-refractivity contribution in [3.8, 4) is 6.07 Å². The van der Waals surface area contributed by atoms with Gasteiger partial charge in [0.05, 0.1) is 17.1 Å². The summed E-state index contributed by atoms with van der Waals surface area (Å²) in [4.78, 5) is 8.65. The van der Waals surface area contributed by atoms with Gasteiger partial charge in [-0.1, -0.05) is 11.6 Å². The Morgan fingerprint density at radius 3 is 2.71 bits per heavy atom. The van der Waals surface area contributed by atoms with Crippen molar-refractivity contribution in [3.63, 3.8) is 0 Å². The first kappa shape index (κ1) is 12.2. The van der Waals surface area contributed by atoms with Crippen LogP contribution in [0.15, 0.2) is 18.3 Å². The number of nitriles is 1. The second-order valence-corrected chi connectivity index (χ2v) is 4.54. The van der Waals surface area contributed by atoms with Gasteiger partial charge in [0, 0.05) is 32.4 Å². The van der Waals surface area contributed by atoms with Gasteiger partial charge in [-0.3, -0.25) is 4.90 Å². The van der Waals surface area contributed by atoms with Crippen molar-refractivity contribution in [2.75, 3.05) is 31.1 Å². The lowest BCUT2D eigenvalue weighted by Gasteiger charge is -2.36. The molecule has 5 heteroatoms. The van der Waals surface area contributed by atoms with Gasteiger partial charge in [0.15, 0.2) is 0 Å². The number of hydrogen-bond acceptors (Lipinski definition) is 4. The zero-order valence-corrected chi connectivity index (χ0v) is 10.6. The average molecular weight is 251 g/mol. The predicted molar refractivity (Wildman–Crippen MR) is 68.1 cm³/mol. The van der Waals surface area contributed by atoms with Gasteiger partial charge in [0.1, 0.15) is 5.82 Å². The van der Waals surface area contributed by atoms with E-state index in [-0.39, 0.29) is 6.04 Å². The number of hydrogen-bond donors (Lipinski definition) is 0. The van der Waals surface area contributed by atoms with Gasteiger partial charge in [-0.2, -0.15) is 5.26 Å². The number of halogens is 1. The van der Waals surface area contributed by atoms with Crippen LogP contribution in [0.2, 0.25) is 5.02 Å². The Morgan fingerprint density at radius 2 is 2.12 bits per heavy atom. The quantitative estimate of drug-likeness (QED) is 0.802. The van der Waals surface area contributed by atoms with Crippen molar-refractivity contribution in [1.82, 2.24) is 9.88 Å².